The van der Waals surface area contributed by atoms with E-state index in [0.717, 1.165) is 21.6 Å². The molecule has 3 aromatic rings. The SMILES string of the molecule is Cc1ccc(N2C(=O)C(Cl)=C(Nc3cc(C(=O)Nc4cccc(Cl)c4C)ccc3C)C2=O)cc1. The fourth-order valence-electron chi connectivity index (χ4n) is 3.51. The highest BCUT2D eigenvalue weighted by Gasteiger charge is 2.39. The summed E-state index contributed by atoms with van der Waals surface area (Å²) in [4.78, 5) is 39.7. The van der Waals surface area contributed by atoms with Gasteiger partial charge in [0.1, 0.15) is 10.7 Å². The smallest absolute Gasteiger partial charge is 0.283 e. The molecule has 0 saturated heterocycles. The lowest BCUT2D eigenvalue weighted by atomic mass is 10.1. The van der Waals surface area contributed by atoms with Crippen molar-refractivity contribution in [2.24, 2.45) is 0 Å². The molecule has 0 spiro atoms. The third kappa shape index (κ3) is 4.42. The number of nitrogens with zero attached hydrogens (tertiary/aromatic N) is 1. The van der Waals surface area contributed by atoms with E-state index < -0.39 is 11.8 Å². The number of amides is 3. The first-order valence-electron chi connectivity index (χ1n) is 10.5. The van der Waals surface area contributed by atoms with Crippen molar-refractivity contribution in [1.29, 1.82) is 0 Å². The second kappa shape index (κ2) is 9.33. The number of hydrogen-bond acceptors (Lipinski definition) is 4. The van der Waals surface area contributed by atoms with Crippen molar-refractivity contribution in [2.45, 2.75) is 20.8 Å². The molecule has 1 aliphatic rings. The van der Waals surface area contributed by atoms with Crippen LogP contribution in [0.2, 0.25) is 5.02 Å². The number of carbonyl (C=O) groups excluding carboxylic acids is 3. The quantitative estimate of drug-likeness (QED) is 0.430. The van der Waals surface area contributed by atoms with Gasteiger partial charge >= 0.3 is 0 Å². The Hall–Kier alpha value is -3.61. The number of benzene rings is 3. The Morgan fingerprint density at radius 1 is 0.853 bits per heavy atom. The summed E-state index contributed by atoms with van der Waals surface area (Å²) in [6.45, 7) is 5.55. The molecule has 0 unspecified atom stereocenters. The summed E-state index contributed by atoms with van der Waals surface area (Å²) in [7, 11) is 0. The molecule has 3 aromatic carbocycles. The van der Waals surface area contributed by atoms with Crippen LogP contribution in [-0.2, 0) is 9.59 Å². The minimum absolute atomic E-state index is 0.0430. The van der Waals surface area contributed by atoms with Gasteiger partial charge in [0.15, 0.2) is 0 Å². The Morgan fingerprint density at radius 2 is 1.56 bits per heavy atom. The summed E-state index contributed by atoms with van der Waals surface area (Å²) in [5.74, 6) is -1.52. The highest BCUT2D eigenvalue weighted by Crippen LogP contribution is 2.31. The van der Waals surface area contributed by atoms with Gasteiger partial charge in [0.25, 0.3) is 17.7 Å². The molecule has 1 aliphatic heterocycles. The molecule has 1 heterocycles. The molecule has 6 nitrogen and oxygen atoms in total. The van der Waals surface area contributed by atoms with Gasteiger partial charge < -0.3 is 10.6 Å². The van der Waals surface area contributed by atoms with Gasteiger partial charge in [0.05, 0.1) is 5.69 Å². The maximum Gasteiger partial charge on any atom is 0.283 e. The van der Waals surface area contributed by atoms with Gasteiger partial charge in [-0.05, 0) is 68.3 Å². The maximum absolute atomic E-state index is 13.1. The molecular weight excluding hydrogens is 473 g/mol. The molecule has 3 amide bonds. The van der Waals surface area contributed by atoms with Crippen LogP contribution < -0.4 is 15.5 Å². The Morgan fingerprint density at radius 3 is 2.26 bits per heavy atom. The van der Waals surface area contributed by atoms with Crippen molar-refractivity contribution < 1.29 is 14.4 Å². The van der Waals surface area contributed by atoms with Crippen molar-refractivity contribution in [3.63, 3.8) is 0 Å². The number of imide groups is 1. The molecule has 8 heteroatoms. The van der Waals surface area contributed by atoms with E-state index in [4.69, 9.17) is 23.2 Å². The molecule has 0 saturated carbocycles. The average Bonchev–Trinajstić information content (AvgIpc) is 3.02. The summed E-state index contributed by atoms with van der Waals surface area (Å²) in [6.07, 6.45) is 0. The van der Waals surface area contributed by atoms with E-state index in [0.29, 0.717) is 27.6 Å². The lowest BCUT2D eigenvalue weighted by molar-refractivity contribution is -0.120. The summed E-state index contributed by atoms with van der Waals surface area (Å²) in [5, 5.41) is 6.15. The number of anilines is 3. The molecule has 0 aromatic heterocycles. The second-order valence-electron chi connectivity index (χ2n) is 7.99. The van der Waals surface area contributed by atoms with Crippen LogP contribution in [0.15, 0.2) is 71.4 Å². The minimum Gasteiger partial charge on any atom is -0.349 e. The Kier molecular flexibility index (Phi) is 6.46. The first-order chi connectivity index (χ1) is 16.2. The van der Waals surface area contributed by atoms with E-state index >= 15 is 0 Å². The van der Waals surface area contributed by atoms with E-state index in [9.17, 15) is 14.4 Å². The van der Waals surface area contributed by atoms with Crippen LogP contribution in [0.4, 0.5) is 17.1 Å². The van der Waals surface area contributed by atoms with Crippen LogP contribution in [0, 0.1) is 20.8 Å². The third-order valence-corrected chi connectivity index (χ3v) is 6.35. The van der Waals surface area contributed by atoms with Gasteiger partial charge in [-0.15, -0.1) is 0 Å². The standard InChI is InChI=1S/C26H21Cl2N3O3/c1-14-7-11-18(12-8-14)31-25(33)22(28)23(26(31)34)29-21-13-17(10-9-15(21)2)24(32)30-20-6-4-5-19(27)16(20)3/h4-13,29H,1-3H3,(H,30,32). The summed E-state index contributed by atoms with van der Waals surface area (Å²) < 4.78 is 0. The third-order valence-electron chi connectivity index (χ3n) is 5.59. The Labute approximate surface area is 207 Å². The number of halogens is 2. The predicted octanol–water partition coefficient (Wildman–Crippen LogP) is 5.95. The second-order valence-corrected chi connectivity index (χ2v) is 8.78. The molecule has 34 heavy (non-hydrogen) atoms. The number of rotatable bonds is 5. The molecule has 0 fully saturated rings. The van der Waals surface area contributed by atoms with E-state index in [1.165, 1.54) is 0 Å². The van der Waals surface area contributed by atoms with Gasteiger partial charge in [-0.25, -0.2) is 4.90 Å². The summed E-state index contributed by atoms with van der Waals surface area (Å²) in [5.41, 5.74) is 4.35. The van der Waals surface area contributed by atoms with Gasteiger partial charge in [-0.2, -0.15) is 0 Å². The molecule has 0 aliphatic carbocycles. The number of nitrogens with one attached hydrogen (secondary N) is 2. The first-order valence-corrected chi connectivity index (χ1v) is 11.2. The predicted molar refractivity (Wildman–Crippen MR) is 135 cm³/mol. The summed E-state index contributed by atoms with van der Waals surface area (Å²) >= 11 is 12.4. The van der Waals surface area contributed by atoms with E-state index in [2.05, 4.69) is 10.6 Å². The van der Waals surface area contributed by atoms with Gasteiger partial charge in [0.2, 0.25) is 0 Å². The normalized spacial score (nSPS) is 13.5. The minimum atomic E-state index is -0.610. The lowest BCUT2D eigenvalue weighted by Crippen LogP contribution is -2.32. The zero-order valence-electron chi connectivity index (χ0n) is 18.7. The van der Waals surface area contributed by atoms with Crippen LogP contribution in [-0.4, -0.2) is 17.7 Å². The molecular formula is C26H21Cl2N3O3. The molecule has 0 atom stereocenters. The highest BCUT2D eigenvalue weighted by molar-refractivity contribution is 6.53. The fraction of sp³-hybridized carbons (Fsp3) is 0.115. The number of hydrogen-bond donors (Lipinski definition) is 2. The van der Waals surface area contributed by atoms with Gasteiger partial charge in [-0.3, -0.25) is 14.4 Å². The number of aryl methyl sites for hydroxylation is 2. The van der Waals surface area contributed by atoms with Crippen LogP contribution in [0.1, 0.15) is 27.0 Å². The van der Waals surface area contributed by atoms with Crippen LogP contribution >= 0.6 is 23.2 Å². The molecule has 0 radical (unpaired) electrons. The van der Waals surface area contributed by atoms with Crippen LogP contribution in [0.3, 0.4) is 0 Å². The van der Waals surface area contributed by atoms with Crippen molar-refractivity contribution in [3.8, 4) is 0 Å². The van der Waals surface area contributed by atoms with Crippen LogP contribution in [0.5, 0.6) is 0 Å². The summed E-state index contributed by atoms with van der Waals surface area (Å²) in [6, 6.07) is 17.3. The van der Waals surface area contributed by atoms with E-state index in [1.807, 2.05) is 32.9 Å². The topological polar surface area (TPSA) is 78.5 Å². The van der Waals surface area contributed by atoms with Gasteiger partial charge in [0, 0.05) is 22.0 Å². The first kappa shape index (κ1) is 23.5. The van der Waals surface area contributed by atoms with Crippen molar-refractivity contribution in [3.05, 3.63) is 98.7 Å². The average molecular weight is 494 g/mol. The Bertz CT molecular complexity index is 1360. The fourth-order valence-corrected chi connectivity index (χ4v) is 3.90. The van der Waals surface area contributed by atoms with Crippen molar-refractivity contribution >= 4 is 58.0 Å². The van der Waals surface area contributed by atoms with Crippen molar-refractivity contribution in [1.82, 2.24) is 0 Å². The molecule has 0 bridgehead atoms. The van der Waals surface area contributed by atoms with Gasteiger partial charge in [-0.1, -0.05) is 53.0 Å². The van der Waals surface area contributed by atoms with E-state index in [1.54, 1.807) is 48.5 Å². The van der Waals surface area contributed by atoms with E-state index in [-0.39, 0.29) is 16.6 Å². The monoisotopic (exact) mass is 493 g/mol. The zero-order chi connectivity index (χ0) is 24.6. The highest BCUT2D eigenvalue weighted by atomic mass is 35.5. The number of carbonyl (C=O) groups is 3. The molecule has 4 rings (SSSR count). The molecule has 2 N–H and O–H groups in total. The molecule has 172 valence electrons. The van der Waals surface area contributed by atoms with Crippen LogP contribution in [0.25, 0.3) is 0 Å². The van der Waals surface area contributed by atoms with Crippen molar-refractivity contribution in [2.75, 3.05) is 15.5 Å². The largest absolute Gasteiger partial charge is 0.349 e. The lowest BCUT2D eigenvalue weighted by Gasteiger charge is -2.16. The Balaban J connectivity index is 1.59. The maximum atomic E-state index is 13.1. The zero-order valence-corrected chi connectivity index (χ0v) is 20.2.